The number of benzene rings is 2. The van der Waals surface area contributed by atoms with E-state index in [1.165, 1.54) is 6.07 Å². The van der Waals surface area contributed by atoms with Crippen LogP contribution in [0, 0.1) is 6.92 Å². The zero-order valence-corrected chi connectivity index (χ0v) is 17.9. The highest BCUT2D eigenvalue weighted by Gasteiger charge is 2.13. The van der Waals surface area contributed by atoms with Crippen LogP contribution in [0.3, 0.4) is 0 Å². The van der Waals surface area contributed by atoms with Crippen molar-refractivity contribution in [3.63, 3.8) is 0 Å². The van der Waals surface area contributed by atoms with Crippen LogP contribution in [0.2, 0.25) is 0 Å². The molecule has 0 spiro atoms. The number of hydrogen-bond acceptors (Lipinski definition) is 6. The summed E-state index contributed by atoms with van der Waals surface area (Å²) in [7, 11) is 0. The Labute approximate surface area is 185 Å². The van der Waals surface area contributed by atoms with Gasteiger partial charge in [-0.1, -0.05) is 12.1 Å². The third-order valence-corrected chi connectivity index (χ3v) is 5.16. The van der Waals surface area contributed by atoms with E-state index in [9.17, 15) is 9.59 Å². The van der Waals surface area contributed by atoms with E-state index in [4.69, 9.17) is 18.6 Å². The average Bonchev–Trinajstić information content (AvgIpc) is 2.81. The summed E-state index contributed by atoms with van der Waals surface area (Å²) < 4.78 is 21.9. The van der Waals surface area contributed by atoms with Crippen molar-refractivity contribution in [2.45, 2.75) is 6.92 Å². The Morgan fingerprint density at radius 1 is 1.00 bits per heavy atom. The van der Waals surface area contributed by atoms with Gasteiger partial charge in [-0.15, -0.1) is 0 Å². The number of nitrogens with zero attached hydrogens (tertiary/aromatic N) is 1. The first-order valence-electron chi connectivity index (χ1n) is 10.5. The highest BCUT2D eigenvalue weighted by molar-refractivity contribution is 5.91. The summed E-state index contributed by atoms with van der Waals surface area (Å²) in [6.07, 6.45) is 3.38. The van der Waals surface area contributed by atoms with Gasteiger partial charge in [0.05, 0.1) is 13.2 Å². The normalized spacial score (nSPS) is 14.1. The van der Waals surface area contributed by atoms with E-state index in [1.54, 1.807) is 23.1 Å². The van der Waals surface area contributed by atoms with Crippen molar-refractivity contribution in [1.29, 1.82) is 0 Å². The van der Waals surface area contributed by atoms with Gasteiger partial charge in [-0.25, -0.2) is 4.79 Å². The minimum absolute atomic E-state index is 0.00565. The molecule has 7 heteroatoms. The van der Waals surface area contributed by atoms with Gasteiger partial charge in [-0.3, -0.25) is 4.79 Å². The molecule has 7 nitrogen and oxygen atoms in total. The maximum absolute atomic E-state index is 12.2. The molecule has 1 saturated heterocycles. The first-order chi connectivity index (χ1) is 15.6. The Balaban J connectivity index is 1.25. The van der Waals surface area contributed by atoms with Crippen molar-refractivity contribution in [3.05, 3.63) is 76.2 Å². The molecule has 0 saturated carbocycles. The van der Waals surface area contributed by atoms with Gasteiger partial charge in [0.1, 0.15) is 30.3 Å². The number of rotatable bonds is 7. The minimum atomic E-state index is -0.376. The van der Waals surface area contributed by atoms with Crippen molar-refractivity contribution in [3.8, 4) is 11.5 Å². The predicted octanol–water partition coefficient (Wildman–Crippen LogP) is 3.43. The van der Waals surface area contributed by atoms with Crippen LogP contribution in [0.5, 0.6) is 11.5 Å². The van der Waals surface area contributed by atoms with Crippen LogP contribution in [-0.2, 0) is 9.53 Å². The summed E-state index contributed by atoms with van der Waals surface area (Å²) >= 11 is 0. The van der Waals surface area contributed by atoms with Gasteiger partial charge in [0.15, 0.2) is 0 Å². The highest BCUT2D eigenvalue weighted by atomic mass is 16.5. The minimum Gasteiger partial charge on any atom is -0.490 e. The van der Waals surface area contributed by atoms with Crippen LogP contribution in [0.25, 0.3) is 17.0 Å². The lowest BCUT2D eigenvalue weighted by Gasteiger charge is -2.25. The first-order valence-corrected chi connectivity index (χ1v) is 10.5. The number of fused-ring (bicyclic) bond motifs is 1. The van der Waals surface area contributed by atoms with Gasteiger partial charge in [0, 0.05) is 36.7 Å². The number of carbonyl (C=O) groups is 1. The summed E-state index contributed by atoms with van der Waals surface area (Å²) in [6, 6.07) is 14.4. The second-order valence-electron chi connectivity index (χ2n) is 7.44. The summed E-state index contributed by atoms with van der Waals surface area (Å²) in [5.41, 5.74) is 1.92. The Hall–Kier alpha value is -3.58. The highest BCUT2D eigenvalue weighted by Crippen LogP contribution is 2.22. The van der Waals surface area contributed by atoms with Gasteiger partial charge in [0.2, 0.25) is 5.91 Å². The van der Waals surface area contributed by atoms with Crippen molar-refractivity contribution in [2.75, 3.05) is 39.5 Å². The van der Waals surface area contributed by atoms with E-state index < -0.39 is 0 Å². The van der Waals surface area contributed by atoms with E-state index in [-0.39, 0.29) is 11.5 Å². The zero-order valence-electron chi connectivity index (χ0n) is 17.9. The lowest BCUT2D eigenvalue weighted by atomic mass is 10.1. The largest absolute Gasteiger partial charge is 0.490 e. The fourth-order valence-electron chi connectivity index (χ4n) is 3.45. The molecule has 0 N–H and O–H groups in total. The van der Waals surface area contributed by atoms with Gasteiger partial charge in [0.25, 0.3) is 0 Å². The lowest BCUT2D eigenvalue weighted by molar-refractivity contribution is -0.129. The Morgan fingerprint density at radius 3 is 2.44 bits per heavy atom. The molecular weight excluding hydrogens is 410 g/mol. The van der Waals surface area contributed by atoms with Crippen molar-refractivity contribution < 1.29 is 23.4 Å². The molecule has 1 fully saturated rings. The maximum Gasteiger partial charge on any atom is 0.336 e. The zero-order chi connectivity index (χ0) is 22.3. The molecule has 2 aromatic carbocycles. The van der Waals surface area contributed by atoms with Crippen LogP contribution in [0.4, 0.5) is 0 Å². The molecule has 3 aromatic rings. The predicted molar refractivity (Wildman–Crippen MR) is 121 cm³/mol. The van der Waals surface area contributed by atoms with Crippen molar-refractivity contribution >= 4 is 23.0 Å². The third-order valence-electron chi connectivity index (χ3n) is 5.16. The van der Waals surface area contributed by atoms with E-state index >= 15 is 0 Å². The molecule has 0 unspecified atom stereocenters. The van der Waals surface area contributed by atoms with Crippen LogP contribution < -0.4 is 15.1 Å². The number of carbonyl (C=O) groups excluding carboxylic acids is 1. The summed E-state index contributed by atoms with van der Waals surface area (Å²) in [5, 5.41) is 0.883. The monoisotopic (exact) mass is 435 g/mol. The SMILES string of the molecule is Cc1cc(=O)oc2cc(OCCOc3ccc(/C=C/C(=O)N4CCOCC4)cc3)ccc12. The number of hydrogen-bond donors (Lipinski definition) is 0. The molecular formula is C25H25NO6. The molecule has 0 radical (unpaired) electrons. The van der Waals surface area contributed by atoms with Gasteiger partial charge in [-0.2, -0.15) is 0 Å². The standard InChI is InChI=1S/C25H25NO6/c1-18-16-25(28)32-23-17-21(7-8-22(18)23)31-15-14-30-20-5-2-19(3-6-20)4-9-24(27)26-10-12-29-13-11-26/h2-9,16-17H,10-15H2,1H3/b9-4+. The van der Waals surface area contributed by atoms with E-state index in [0.29, 0.717) is 56.6 Å². The number of ether oxygens (including phenoxy) is 3. The molecule has 1 aliphatic rings. The van der Waals surface area contributed by atoms with Crippen LogP contribution >= 0.6 is 0 Å². The van der Waals surface area contributed by atoms with Gasteiger partial charge >= 0.3 is 5.63 Å². The molecule has 1 amide bonds. The Kier molecular flexibility index (Phi) is 6.87. The molecule has 1 aromatic heterocycles. The van der Waals surface area contributed by atoms with Crippen LogP contribution in [-0.4, -0.2) is 50.3 Å². The van der Waals surface area contributed by atoms with Crippen LogP contribution in [0.1, 0.15) is 11.1 Å². The molecule has 0 aliphatic carbocycles. The summed E-state index contributed by atoms with van der Waals surface area (Å²) in [6.45, 7) is 5.02. The maximum atomic E-state index is 12.2. The Bertz CT molecular complexity index is 1160. The molecule has 166 valence electrons. The van der Waals surface area contributed by atoms with Gasteiger partial charge in [-0.05, 0) is 48.4 Å². The molecule has 0 bridgehead atoms. The Morgan fingerprint density at radius 2 is 1.69 bits per heavy atom. The van der Waals surface area contributed by atoms with E-state index in [0.717, 1.165) is 16.5 Å². The number of aryl methyl sites for hydroxylation is 1. The smallest absolute Gasteiger partial charge is 0.336 e. The molecule has 1 aliphatic heterocycles. The van der Waals surface area contributed by atoms with E-state index in [1.807, 2.05) is 43.3 Å². The topological polar surface area (TPSA) is 78.2 Å². The number of amides is 1. The number of morpholine rings is 1. The fourth-order valence-corrected chi connectivity index (χ4v) is 3.45. The van der Waals surface area contributed by atoms with Crippen molar-refractivity contribution in [2.24, 2.45) is 0 Å². The third kappa shape index (κ3) is 5.56. The second-order valence-corrected chi connectivity index (χ2v) is 7.44. The molecule has 2 heterocycles. The van der Waals surface area contributed by atoms with Crippen molar-refractivity contribution in [1.82, 2.24) is 4.90 Å². The quantitative estimate of drug-likeness (QED) is 0.321. The second kappa shape index (κ2) is 10.2. The molecule has 0 atom stereocenters. The molecule has 4 rings (SSSR count). The summed E-state index contributed by atoms with van der Waals surface area (Å²) in [5.74, 6) is 1.32. The van der Waals surface area contributed by atoms with Crippen LogP contribution in [0.15, 0.2) is 63.8 Å². The molecule has 32 heavy (non-hydrogen) atoms. The lowest BCUT2D eigenvalue weighted by Crippen LogP contribution is -2.39. The fraction of sp³-hybridized carbons (Fsp3) is 0.280. The van der Waals surface area contributed by atoms with Gasteiger partial charge < -0.3 is 23.5 Å². The average molecular weight is 435 g/mol. The first kappa shape index (κ1) is 21.6. The van der Waals surface area contributed by atoms with E-state index in [2.05, 4.69) is 0 Å². The summed E-state index contributed by atoms with van der Waals surface area (Å²) in [4.78, 5) is 25.5.